The highest BCUT2D eigenvalue weighted by Gasteiger charge is 2.38. The summed E-state index contributed by atoms with van der Waals surface area (Å²) in [4.78, 5) is 27.5. The highest BCUT2D eigenvalue weighted by atomic mass is 16.4. The molecule has 1 aliphatic carbocycles. The summed E-state index contributed by atoms with van der Waals surface area (Å²) in [7, 11) is 1.87. The van der Waals surface area contributed by atoms with Crippen molar-refractivity contribution in [1.82, 2.24) is 9.80 Å². The number of amides is 1. The predicted octanol–water partition coefficient (Wildman–Crippen LogP) is 1.82. The van der Waals surface area contributed by atoms with Crippen LogP contribution < -0.4 is 0 Å². The highest BCUT2D eigenvalue weighted by Crippen LogP contribution is 2.27. The average molecular weight is 296 g/mol. The quantitative estimate of drug-likeness (QED) is 0.859. The van der Waals surface area contributed by atoms with Gasteiger partial charge in [-0.3, -0.25) is 14.5 Å². The van der Waals surface area contributed by atoms with Crippen LogP contribution in [0, 0.1) is 11.8 Å². The molecule has 0 aromatic rings. The zero-order valence-electron chi connectivity index (χ0n) is 13.4. The van der Waals surface area contributed by atoms with E-state index in [0.717, 1.165) is 25.2 Å². The van der Waals surface area contributed by atoms with Crippen molar-refractivity contribution >= 4 is 11.9 Å². The van der Waals surface area contributed by atoms with E-state index in [-0.39, 0.29) is 18.4 Å². The number of carboxylic acids is 1. The number of hydrogen-bond acceptors (Lipinski definition) is 3. The monoisotopic (exact) mass is 296 g/mol. The Bertz CT molecular complexity index is 391. The zero-order chi connectivity index (χ0) is 15.6. The molecular weight excluding hydrogens is 268 g/mol. The van der Waals surface area contributed by atoms with Crippen LogP contribution in [0.4, 0.5) is 0 Å². The molecule has 1 saturated heterocycles. The number of likely N-dealkylation sites (tertiary alicyclic amines) is 1. The number of nitrogens with zero attached hydrogens (tertiary/aromatic N) is 2. The normalized spacial score (nSPS) is 33.9. The van der Waals surface area contributed by atoms with E-state index < -0.39 is 12.0 Å². The van der Waals surface area contributed by atoms with E-state index in [4.69, 9.17) is 0 Å². The first-order chi connectivity index (χ1) is 9.90. The van der Waals surface area contributed by atoms with Crippen LogP contribution >= 0.6 is 0 Å². The first-order valence-corrected chi connectivity index (χ1v) is 8.12. The van der Waals surface area contributed by atoms with Crippen LogP contribution in [0.2, 0.25) is 0 Å². The molecule has 2 atom stereocenters. The SMILES string of the molecule is CC1CCC(N(C)C(=O)CN2CCC(C)C2C(=O)O)CC1. The fourth-order valence-electron chi connectivity index (χ4n) is 3.72. The summed E-state index contributed by atoms with van der Waals surface area (Å²) in [5.74, 6) is 0.147. The summed E-state index contributed by atoms with van der Waals surface area (Å²) < 4.78 is 0. The molecule has 0 radical (unpaired) electrons. The molecule has 21 heavy (non-hydrogen) atoms. The number of aliphatic carboxylic acids is 1. The number of rotatable bonds is 4. The van der Waals surface area contributed by atoms with Crippen molar-refractivity contribution in [3.63, 3.8) is 0 Å². The van der Waals surface area contributed by atoms with Crippen LogP contribution in [0.15, 0.2) is 0 Å². The van der Waals surface area contributed by atoms with Gasteiger partial charge in [0.25, 0.3) is 0 Å². The maximum Gasteiger partial charge on any atom is 0.321 e. The van der Waals surface area contributed by atoms with E-state index in [9.17, 15) is 14.7 Å². The Labute approximate surface area is 127 Å². The Morgan fingerprint density at radius 1 is 1.14 bits per heavy atom. The molecule has 1 aliphatic heterocycles. The van der Waals surface area contributed by atoms with Crippen molar-refractivity contribution in [3.8, 4) is 0 Å². The fourth-order valence-corrected chi connectivity index (χ4v) is 3.72. The molecule has 120 valence electrons. The fraction of sp³-hybridized carbons (Fsp3) is 0.875. The second-order valence-electron chi connectivity index (χ2n) is 6.94. The largest absolute Gasteiger partial charge is 0.480 e. The number of likely N-dealkylation sites (N-methyl/N-ethyl adjacent to an activating group) is 1. The van der Waals surface area contributed by atoms with E-state index in [1.807, 2.05) is 23.8 Å². The molecule has 0 bridgehead atoms. The molecule has 1 heterocycles. The molecule has 0 aromatic carbocycles. The van der Waals surface area contributed by atoms with Gasteiger partial charge in [-0.25, -0.2) is 0 Å². The van der Waals surface area contributed by atoms with Crippen LogP contribution in [0.5, 0.6) is 0 Å². The molecule has 5 nitrogen and oxygen atoms in total. The number of carbonyl (C=O) groups excluding carboxylic acids is 1. The second-order valence-corrected chi connectivity index (χ2v) is 6.94. The highest BCUT2D eigenvalue weighted by molar-refractivity contribution is 5.80. The summed E-state index contributed by atoms with van der Waals surface area (Å²) >= 11 is 0. The Morgan fingerprint density at radius 2 is 1.76 bits per heavy atom. The summed E-state index contributed by atoms with van der Waals surface area (Å²) in [6, 6.07) is -0.175. The minimum Gasteiger partial charge on any atom is -0.480 e. The van der Waals surface area contributed by atoms with Crippen LogP contribution in [-0.2, 0) is 9.59 Å². The minimum absolute atomic E-state index is 0.0647. The predicted molar refractivity (Wildman–Crippen MR) is 81.0 cm³/mol. The molecular formula is C16H28N2O3. The van der Waals surface area contributed by atoms with Gasteiger partial charge in [0.1, 0.15) is 6.04 Å². The molecule has 1 saturated carbocycles. The van der Waals surface area contributed by atoms with E-state index >= 15 is 0 Å². The van der Waals surface area contributed by atoms with Gasteiger partial charge < -0.3 is 10.0 Å². The van der Waals surface area contributed by atoms with Crippen molar-refractivity contribution < 1.29 is 14.7 Å². The summed E-state index contributed by atoms with van der Waals surface area (Å²) in [5.41, 5.74) is 0. The lowest BCUT2D eigenvalue weighted by atomic mass is 9.87. The maximum absolute atomic E-state index is 12.4. The molecule has 5 heteroatoms. The molecule has 2 rings (SSSR count). The van der Waals surface area contributed by atoms with Crippen molar-refractivity contribution in [2.45, 2.75) is 58.0 Å². The Hall–Kier alpha value is -1.10. The van der Waals surface area contributed by atoms with Gasteiger partial charge in [-0.05, 0) is 50.5 Å². The van der Waals surface area contributed by atoms with Crippen molar-refractivity contribution in [2.24, 2.45) is 11.8 Å². The van der Waals surface area contributed by atoms with Gasteiger partial charge in [-0.1, -0.05) is 13.8 Å². The summed E-state index contributed by atoms with van der Waals surface area (Å²) in [6.45, 7) is 5.17. The number of carboxylic acid groups (broad SMARTS) is 1. The lowest BCUT2D eigenvalue weighted by Gasteiger charge is -2.35. The molecule has 1 amide bonds. The van der Waals surface area contributed by atoms with Gasteiger partial charge in [-0.2, -0.15) is 0 Å². The van der Waals surface area contributed by atoms with Crippen molar-refractivity contribution in [2.75, 3.05) is 20.1 Å². The molecule has 2 aliphatic rings. The van der Waals surface area contributed by atoms with Crippen LogP contribution in [0.25, 0.3) is 0 Å². The number of carbonyl (C=O) groups is 2. The lowest BCUT2D eigenvalue weighted by Crippen LogP contribution is -2.48. The van der Waals surface area contributed by atoms with Crippen LogP contribution in [0.3, 0.4) is 0 Å². The van der Waals surface area contributed by atoms with Crippen molar-refractivity contribution in [3.05, 3.63) is 0 Å². The molecule has 0 aromatic heterocycles. The minimum atomic E-state index is -0.804. The zero-order valence-corrected chi connectivity index (χ0v) is 13.4. The topological polar surface area (TPSA) is 60.9 Å². The van der Waals surface area contributed by atoms with Gasteiger partial charge in [0.2, 0.25) is 5.91 Å². The summed E-state index contributed by atoms with van der Waals surface area (Å²) in [6.07, 6.45) is 5.36. The second kappa shape index (κ2) is 6.77. The van der Waals surface area contributed by atoms with Gasteiger partial charge in [0, 0.05) is 13.1 Å². The van der Waals surface area contributed by atoms with E-state index in [1.54, 1.807) is 0 Å². The number of hydrogen-bond donors (Lipinski definition) is 1. The van der Waals surface area contributed by atoms with Gasteiger partial charge in [0.15, 0.2) is 0 Å². The average Bonchev–Trinajstić information content (AvgIpc) is 2.79. The molecule has 1 N–H and O–H groups in total. The van der Waals surface area contributed by atoms with Crippen LogP contribution in [0.1, 0.15) is 46.0 Å². The third-order valence-electron chi connectivity index (χ3n) is 5.32. The van der Waals surface area contributed by atoms with Gasteiger partial charge in [0.05, 0.1) is 6.54 Å². The molecule has 2 unspecified atom stereocenters. The maximum atomic E-state index is 12.4. The van der Waals surface area contributed by atoms with E-state index in [2.05, 4.69) is 6.92 Å². The Kier molecular flexibility index (Phi) is 5.25. The van der Waals surface area contributed by atoms with Gasteiger partial charge >= 0.3 is 5.97 Å². The standard InChI is InChI=1S/C16H28N2O3/c1-11-4-6-13(7-5-11)17(3)14(19)10-18-9-8-12(2)15(18)16(20)21/h11-13,15H,4-10H2,1-3H3,(H,20,21). The van der Waals surface area contributed by atoms with E-state index in [0.29, 0.717) is 12.6 Å². The van der Waals surface area contributed by atoms with Gasteiger partial charge in [-0.15, -0.1) is 0 Å². The summed E-state index contributed by atoms with van der Waals surface area (Å²) in [5, 5.41) is 9.32. The molecule has 2 fully saturated rings. The Balaban J connectivity index is 1.90. The first-order valence-electron chi connectivity index (χ1n) is 8.12. The smallest absolute Gasteiger partial charge is 0.321 e. The first kappa shape index (κ1) is 16.3. The third kappa shape index (κ3) is 3.76. The Morgan fingerprint density at radius 3 is 2.33 bits per heavy atom. The van der Waals surface area contributed by atoms with Crippen molar-refractivity contribution in [1.29, 1.82) is 0 Å². The third-order valence-corrected chi connectivity index (χ3v) is 5.32. The van der Waals surface area contributed by atoms with Crippen LogP contribution in [-0.4, -0.2) is 59.0 Å². The molecule has 0 spiro atoms. The van der Waals surface area contributed by atoms with E-state index in [1.165, 1.54) is 12.8 Å². The lowest BCUT2D eigenvalue weighted by molar-refractivity contribution is -0.144.